The fraction of sp³-hybridized carbons (Fsp3) is 0.948. The molecule has 0 aromatic carbocycles. The number of phosphoric acid groups is 2. The van der Waals surface area contributed by atoms with Gasteiger partial charge in [-0.2, -0.15) is 0 Å². The van der Waals surface area contributed by atoms with E-state index in [2.05, 4.69) is 55.4 Å². The number of carbonyl (C=O) groups is 4. The summed E-state index contributed by atoms with van der Waals surface area (Å²) in [6.07, 6.45) is 51.4. The molecule has 0 saturated carbocycles. The molecule has 0 aliphatic heterocycles. The highest BCUT2D eigenvalue weighted by Crippen LogP contribution is 2.45. The molecule has 19 heteroatoms. The van der Waals surface area contributed by atoms with Crippen LogP contribution in [0.25, 0.3) is 0 Å². The third kappa shape index (κ3) is 67.9. The molecule has 0 heterocycles. The molecule has 0 aliphatic rings. The van der Waals surface area contributed by atoms with E-state index in [0.29, 0.717) is 25.7 Å². The van der Waals surface area contributed by atoms with Crippen LogP contribution in [0.4, 0.5) is 0 Å². The van der Waals surface area contributed by atoms with E-state index in [4.69, 9.17) is 37.0 Å². The number of rotatable bonds is 74. The molecule has 0 aromatic heterocycles. The van der Waals surface area contributed by atoms with Crippen LogP contribution in [0, 0.1) is 23.7 Å². The second-order valence-corrected chi connectivity index (χ2v) is 32.1. The molecule has 17 nitrogen and oxygen atoms in total. The maximum absolute atomic E-state index is 13.1. The molecule has 0 aromatic rings. The molecular weight excluding hydrogens is 1260 g/mol. The Bertz CT molecular complexity index is 1890. The van der Waals surface area contributed by atoms with Gasteiger partial charge in [0, 0.05) is 25.7 Å². The van der Waals surface area contributed by atoms with Crippen LogP contribution < -0.4 is 0 Å². The highest BCUT2D eigenvalue weighted by Gasteiger charge is 2.30. The van der Waals surface area contributed by atoms with Gasteiger partial charge in [0.1, 0.15) is 19.3 Å². The molecule has 0 aliphatic carbocycles. The number of carbonyl (C=O) groups excluding carboxylic acids is 4. The number of unbranched alkanes of at least 4 members (excludes halogenated alkanes) is 38. The highest BCUT2D eigenvalue weighted by molar-refractivity contribution is 7.47. The molecule has 0 fully saturated rings. The van der Waals surface area contributed by atoms with Crippen LogP contribution in [0.5, 0.6) is 0 Å². The fourth-order valence-electron chi connectivity index (χ4n) is 11.7. The van der Waals surface area contributed by atoms with Crippen molar-refractivity contribution in [1.29, 1.82) is 0 Å². The van der Waals surface area contributed by atoms with Crippen molar-refractivity contribution < 1.29 is 80.2 Å². The van der Waals surface area contributed by atoms with E-state index in [1.54, 1.807) is 0 Å². The lowest BCUT2D eigenvalue weighted by atomic mass is 9.99. The third-order valence-corrected chi connectivity index (χ3v) is 20.4. The molecule has 0 bridgehead atoms. The van der Waals surface area contributed by atoms with Gasteiger partial charge >= 0.3 is 39.5 Å². The van der Waals surface area contributed by atoms with Crippen LogP contribution in [0.15, 0.2) is 0 Å². The van der Waals surface area contributed by atoms with E-state index >= 15 is 0 Å². The van der Waals surface area contributed by atoms with Gasteiger partial charge < -0.3 is 33.8 Å². The van der Waals surface area contributed by atoms with E-state index < -0.39 is 97.5 Å². The first-order chi connectivity index (χ1) is 46.2. The summed E-state index contributed by atoms with van der Waals surface area (Å²) in [5.41, 5.74) is 0. The Hall–Kier alpha value is -1.94. The van der Waals surface area contributed by atoms with Gasteiger partial charge in [-0.15, -0.1) is 0 Å². The molecule has 96 heavy (non-hydrogen) atoms. The average molecular weight is 1410 g/mol. The van der Waals surface area contributed by atoms with Crippen LogP contribution in [-0.2, 0) is 65.4 Å². The molecule has 0 amide bonds. The van der Waals surface area contributed by atoms with Crippen molar-refractivity contribution in [3.8, 4) is 0 Å². The first kappa shape index (κ1) is 94.1. The van der Waals surface area contributed by atoms with E-state index in [1.165, 1.54) is 193 Å². The lowest BCUT2D eigenvalue weighted by Gasteiger charge is -2.21. The summed E-state index contributed by atoms with van der Waals surface area (Å²) in [6.45, 7) is 14.2. The van der Waals surface area contributed by atoms with E-state index in [-0.39, 0.29) is 25.7 Å². The highest BCUT2D eigenvalue weighted by atomic mass is 31.2. The zero-order valence-corrected chi connectivity index (χ0v) is 64.8. The lowest BCUT2D eigenvalue weighted by molar-refractivity contribution is -0.161. The number of aliphatic hydroxyl groups excluding tert-OH is 1. The summed E-state index contributed by atoms with van der Waals surface area (Å²) >= 11 is 0. The Balaban J connectivity index is 5.24. The Morgan fingerprint density at radius 1 is 0.292 bits per heavy atom. The van der Waals surface area contributed by atoms with E-state index in [1.807, 2.05) is 0 Å². The van der Waals surface area contributed by atoms with Crippen molar-refractivity contribution >= 4 is 39.5 Å². The minimum atomic E-state index is -4.96. The number of esters is 4. The molecule has 7 atom stereocenters. The van der Waals surface area contributed by atoms with E-state index in [9.17, 15) is 43.2 Å². The monoisotopic (exact) mass is 1410 g/mol. The topological polar surface area (TPSA) is 237 Å². The SMILES string of the molecule is CCC(C)CCCCCCCCCCCCCCCCC(=O)O[C@H](COC(=O)CCCCCCCCCCCCCCCCC(C)C)COP(=O)(O)OCC(O)COP(=O)(O)OC[C@@H](COC(=O)CCCCCCCCCCC(C)C)OC(=O)CCCCCCCCC(C)CC. The number of phosphoric ester groups is 2. The van der Waals surface area contributed by atoms with Crippen molar-refractivity contribution in [3.63, 3.8) is 0 Å². The normalized spacial score (nSPS) is 14.7. The number of hydrogen-bond acceptors (Lipinski definition) is 15. The van der Waals surface area contributed by atoms with E-state index in [0.717, 1.165) is 114 Å². The minimum absolute atomic E-state index is 0.102. The van der Waals surface area contributed by atoms with Crippen LogP contribution in [0.2, 0.25) is 0 Å². The van der Waals surface area contributed by atoms with Gasteiger partial charge in [0.05, 0.1) is 26.4 Å². The smallest absolute Gasteiger partial charge is 0.462 e. The predicted octanol–water partition coefficient (Wildman–Crippen LogP) is 22.4. The van der Waals surface area contributed by atoms with Crippen LogP contribution in [0.3, 0.4) is 0 Å². The quantitative estimate of drug-likeness (QED) is 0.0222. The maximum atomic E-state index is 13.1. The van der Waals surface area contributed by atoms with Gasteiger partial charge in [0.2, 0.25) is 0 Å². The zero-order chi connectivity index (χ0) is 71.0. The van der Waals surface area contributed by atoms with Crippen molar-refractivity contribution in [2.75, 3.05) is 39.6 Å². The average Bonchev–Trinajstić information content (AvgIpc) is 1.50. The zero-order valence-electron chi connectivity index (χ0n) is 63.0. The fourth-order valence-corrected chi connectivity index (χ4v) is 13.2. The Labute approximate surface area is 588 Å². The first-order valence-corrected chi connectivity index (χ1v) is 42.8. The summed E-state index contributed by atoms with van der Waals surface area (Å²) in [4.78, 5) is 72.8. The van der Waals surface area contributed by atoms with Crippen LogP contribution >= 0.6 is 15.6 Å². The largest absolute Gasteiger partial charge is 0.472 e. The summed E-state index contributed by atoms with van der Waals surface area (Å²) in [6, 6.07) is 0. The van der Waals surface area contributed by atoms with Crippen molar-refractivity contribution in [2.45, 2.75) is 408 Å². The minimum Gasteiger partial charge on any atom is -0.462 e. The summed E-state index contributed by atoms with van der Waals surface area (Å²) in [7, 11) is -9.91. The molecule has 0 rings (SSSR count). The molecule has 570 valence electrons. The molecule has 0 spiro atoms. The molecule has 5 unspecified atom stereocenters. The lowest BCUT2D eigenvalue weighted by Crippen LogP contribution is -2.30. The van der Waals surface area contributed by atoms with Crippen molar-refractivity contribution in [3.05, 3.63) is 0 Å². The Kier molecular flexibility index (Phi) is 65.0. The first-order valence-electron chi connectivity index (χ1n) is 39.8. The van der Waals surface area contributed by atoms with Gasteiger partial charge in [-0.3, -0.25) is 37.3 Å². The second-order valence-electron chi connectivity index (χ2n) is 29.2. The standard InChI is InChI=1S/C77H150O17P2/c1-9-69(7)55-47-39-31-24-20-16-12-14-18-22-26-34-43-51-59-76(81)93-72(63-87-74(79)57-49-41-32-25-21-17-13-11-15-19-23-29-37-45-53-67(3)4)65-91-95(83,84)89-61-71(78)62-90-96(85,86)92-66-73(94-77(82)60-52-44-36-35-40-48-56-70(8)10-2)64-88-75(80)58-50-42-33-28-27-30-38-46-54-68(5)6/h67-73,78H,9-66H2,1-8H3,(H,83,84)(H,85,86)/t69?,70?,71?,72-,73-/m1/s1. The molecule has 0 radical (unpaired) electrons. The second kappa shape index (κ2) is 66.3. The van der Waals surface area contributed by atoms with Crippen molar-refractivity contribution in [1.82, 2.24) is 0 Å². The van der Waals surface area contributed by atoms with Gasteiger partial charge in [-0.25, -0.2) is 9.13 Å². The number of aliphatic hydroxyl groups is 1. The molecular formula is C77H150O17P2. The van der Waals surface area contributed by atoms with Crippen LogP contribution in [0.1, 0.15) is 389 Å². The van der Waals surface area contributed by atoms with Gasteiger partial charge in [0.25, 0.3) is 0 Å². The Morgan fingerprint density at radius 2 is 0.500 bits per heavy atom. The maximum Gasteiger partial charge on any atom is 0.472 e. The number of ether oxygens (including phenoxy) is 4. The number of hydrogen-bond donors (Lipinski definition) is 3. The predicted molar refractivity (Wildman–Crippen MR) is 391 cm³/mol. The van der Waals surface area contributed by atoms with Gasteiger partial charge in [-0.1, -0.05) is 338 Å². The Morgan fingerprint density at radius 3 is 0.740 bits per heavy atom. The van der Waals surface area contributed by atoms with Gasteiger partial charge in [0.15, 0.2) is 12.2 Å². The van der Waals surface area contributed by atoms with Gasteiger partial charge in [-0.05, 0) is 49.4 Å². The molecule has 3 N–H and O–H groups in total. The molecule has 0 saturated heterocycles. The summed E-state index contributed by atoms with van der Waals surface area (Å²) < 4.78 is 68.5. The summed E-state index contributed by atoms with van der Waals surface area (Å²) in [5.74, 6) is 0.969. The van der Waals surface area contributed by atoms with Crippen molar-refractivity contribution in [2.24, 2.45) is 23.7 Å². The summed E-state index contributed by atoms with van der Waals surface area (Å²) in [5, 5.41) is 10.6. The third-order valence-electron chi connectivity index (χ3n) is 18.5. The van der Waals surface area contributed by atoms with Crippen LogP contribution in [-0.4, -0.2) is 96.7 Å².